The van der Waals surface area contributed by atoms with Gasteiger partial charge in [0, 0.05) is 61.3 Å². The number of hydrogen-bond donors (Lipinski definition) is 0. The van der Waals surface area contributed by atoms with Gasteiger partial charge in [-0.2, -0.15) is 0 Å². The number of fused-ring (bicyclic) bond motifs is 12. The largest absolute Gasteiger partial charge is 0.456 e. The maximum Gasteiger partial charge on any atom is 0.256 e. The summed E-state index contributed by atoms with van der Waals surface area (Å²) in [5.41, 5.74) is 21.1. The zero-order valence-electron chi connectivity index (χ0n) is 70.9. The third kappa shape index (κ3) is 10.3. The van der Waals surface area contributed by atoms with Crippen LogP contribution in [0.25, 0.3) is 105 Å². The Labute approximate surface area is 647 Å². The lowest BCUT2D eigenvalue weighted by atomic mass is 9.31. The Hall–Kier alpha value is -12.4. The molecule has 5 heterocycles. The molecule has 0 saturated carbocycles. The van der Waals surface area contributed by atoms with Gasteiger partial charge >= 0.3 is 0 Å². The van der Waals surface area contributed by atoms with Gasteiger partial charge in [0.2, 0.25) is 0 Å². The highest BCUT2D eigenvalue weighted by atomic mass is 16.5. The van der Waals surface area contributed by atoms with Crippen LogP contribution in [0.15, 0.2) is 327 Å². The van der Waals surface area contributed by atoms with Gasteiger partial charge in [-0.15, -0.1) is 0 Å². The van der Waals surface area contributed by atoms with Gasteiger partial charge in [-0.1, -0.05) is 317 Å². The summed E-state index contributed by atoms with van der Waals surface area (Å²) in [6.45, 7) is 18.2. The van der Waals surface area contributed by atoms with E-state index in [2.05, 4.69) is 212 Å². The molecule has 0 unspecified atom stereocenters. The fourth-order valence-corrected chi connectivity index (χ4v) is 17.2. The van der Waals surface area contributed by atoms with Crippen molar-refractivity contribution in [3.8, 4) is 95.1 Å². The van der Waals surface area contributed by atoms with E-state index in [0.29, 0.717) is 78.0 Å². The summed E-state index contributed by atoms with van der Waals surface area (Å²) in [6, 6.07) is 91.8. The van der Waals surface area contributed by atoms with Crippen molar-refractivity contribution in [3.63, 3.8) is 0 Å². The second kappa shape index (κ2) is 24.6. The molecule has 0 saturated heterocycles. The first-order chi connectivity index (χ1) is 56.3. The molecule has 20 rings (SSSR count). The quantitative estimate of drug-likeness (QED) is 0.134. The second-order valence-corrected chi connectivity index (χ2v) is 32.4. The maximum atomic E-state index is 11.3. The second-order valence-electron chi connectivity index (χ2n) is 32.4. The Morgan fingerprint density at radius 2 is 0.731 bits per heavy atom. The molecule has 0 aliphatic carbocycles. The molecule has 0 spiro atoms. The van der Waals surface area contributed by atoms with Crippen LogP contribution < -0.4 is 47.3 Å². The van der Waals surface area contributed by atoms with Crippen LogP contribution in [0.2, 0.25) is 0 Å². The summed E-state index contributed by atoms with van der Waals surface area (Å²) >= 11 is 0. The van der Waals surface area contributed by atoms with Gasteiger partial charge in [-0.25, -0.2) is 0 Å². The van der Waals surface area contributed by atoms with Gasteiger partial charge in [0.25, 0.3) is 13.4 Å². The molecule has 15 aromatic carbocycles. The zero-order chi connectivity index (χ0) is 80.9. The Bertz CT molecular complexity index is 6760. The fourth-order valence-electron chi connectivity index (χ4n) is 17.2. The SMILES string of the molecule is [2H]c1c([2H])c([2H])c2c(c1[2H])B1c3cc4c5c(c3N(c3c(-c6ccccc6)cc(C(C)(C)C)cc3-c3ccccc3)c3cc(C(C)(C)C)cc(c31)N2c1c(-c2ccccc2)cc(C(C)(C)C)cc1-c1ccccc1)Oc1ccc(-c2ccccc2)cc1B5c1c([2H])c(-c2ccccc2)c([2H])c2c3c([2H])c(-c5ccccc5)c([2H])c([2H])c3n-4c12. The number of nitrogens with zero attached hydrogens (tertiary/aromatic N) is 3. The first-order valence-electron chi connectivity index (χ1n) is 42.1. The summed E-state index contributed by atoms with van der Waals surface area (Å²) in [5.74, 6) is 0.907. The summed E-state index contributed by atoms with van der Waals surface area (Å²) in [4.78, 5) is 4.61. The highest BCUT2D eigenvalue weighted by molar-refractivity contribution is 7.02. The van der Waals surface area contributed by atoms with Gasteiger partial charge in [-0.05, 0) is 194 Å². The molecular weight excluding hydrogens is 1300 g/mol. The van der Waals surface area contributed by atoms with Gasteiger partial charge in [0.1, 0.15) is 11.5 Å². The minimum absolute atomic E-state index is 0.00264. The van der Waals surface area contributed by atoms with Crippen molar-refractivity contribution in [3.05, 3.63) is 344 Å². The number of ether oxygens (including phenoxy) is 1. The van der Waals surface area contributed by atoms with Crippen LogP contribution in [-0.4, -0.2) is 18.0 Å². The summed E-state index contributed by atoms with van der Waals surface area (Å²) in [6.07, 6.45) is 0. The number of para-hydroxylation sites is 1. The van der Waals surface area contributed by atoms with E-state index in [0.717, 1.165) is 100 Å². The van der Waals surface area contributed by atoms with E-state index in [-0.39, 0.29) is 69.9 Å². The van der Waals surface area contributed by atoms with Crippen LogP contribution >= 0.6 is 0 Å². The Kier molecular flexibility index (Phi) is 12.8. The van der Waals surface area contributed by atoms with E-state index in [4.69, 9.17) is 4.74 Å². The minimum Gasteiger partial charge on any atom is -0.456 e. The number of hydrogen-bond acceptors (Lipinski definition) is 3. The Balaban J connectivity index is 1.05. The molecule has 108 heavy (non-hydrogen) atoms. The van der Waals surface area contributed by atoms with Crippen LogP contribution in [0.5, 0.6) is 11.5 Å². The van der Waals surface area contributed by atoms with Crippen molar-refractivity contribution in [1.29, 1.82) is 0 Å². The van der Waals surface area contributed by atoms with Gasteiger partial charge in [-0.3, -0.25) is 0 Å². The number of anilines is 6. The normalized spacial score (nSPS) is 14.4. The molecule has 1 aromatic heterocycles. The van der Waals surface area contributed by atoms with Crippen molar-refractivity contribution in [2.75, 3.05) is 9.80 Å². The van der Waals surface area contributed by atoms with E-state index >= 15 is 0 Å². The van der Waals surface area contributed by atoms with Gasteiger partial charge < -0.3 is 19.1 Å². The fraction of sp³-hybridized carbons (Fsp3) is 0.118. The lowest BCUT2D eigenvalue weighted by Crippen LogP contribution is -2.64. The van der Waals surface area contributed by atoms with Crippen molar-refractivity contribution in [2.45, 2.75) is 78.6 Å². The van der Waals surface area contributed by atoms with E-state index in [1.165, 1.54) is 0 Å². The first kappa shape index (κ1) is 56.0. The third-order valence-electron chi connectivity index (χ3n) is 22.6. The van der Waals surface area contributed by atoms with Crippen molar-refractivity contribution < 1.29 is 17.1 Å². The van der Waals surface area contributed by atoms with E-state index in [1.807, 2.05) is 138 Å². The van der Waals surface area contributed by atoms with E-state index in [1.54, 1.807) is 0 Å². The predicted octanol–water partition coefficient (Wildman–Crippen LogP) is 23.4. The van der Waals surface area contributed by atoms with Crippen molar-refractivity contribution in [2.24, 2.45) is 0 Å². The standard InChI is InChI=1S/C102H81B2N3O/c1-100(2,3)74-57-77(67-39-23-13-24-40-67)95(78(58-74)68-41-25-14-26-42-68)106-88-48-32-31-47-83(88)103-86-63-91-94-99(98(86)107(90-62-76(102(7,8)9)61-89(106)93(90)103)96-79(69-43-27-15-28-44-69)59-75(101(4,5)6)60-80(96)70-45-29-16-30-46-70)108-92-52-50-72(65-35-19-11-20-36-65)55-84(92)104(94)85-56-73(66-37-21-12-22-38-66)54-82-81-53-71(64-33-17-10-18-34-64)49-51-87(81)105(91)97(82)85/h10-63H,1-9H3/i31D,32D,47D,48D,49D,51D,53D,54D,56D. The molecule has 516 valence electrons. The van der Waals surface area contributed by atoms with Crippen molar-refractivity contribution >= 4 is 102 Å². The van der Waals surface area contributed by atoms with Gasteiger partial charge in [0.05, 0.1) is 34.9 Å². The number of aromatic nitrogens is 1. The molecule has 0 amide bonds. The average molecular weight is 1400 g/mol. The smallest absolute Gasteiger partial charge is 0.256 e. The molecule has 4 aliphatic rings. The zero-order valence-corrected chi connectivity index (χ0v) is 61.9. The molecule has 4 aliphatic heterocycles. The van der Waals surface area contributed by atoms with Crippen LogP contribution in [0.1, 0.15) is 91.3 Å². The Morgan fingerprint density at radius 3 is 1.23 bits per heavy atom. The molecular formula is C102H81B2N3O. The predicted molar refractivity (Wildman–Crippen MR) is 460 cm³/mol. The summed E-state index contributed by atoms with van der Waals surface area (Å²) in [7, 11) is 0. The number of rotatable bonds is 9. The average Bonchev–Trinajstić information content (AvgIpc) is 1.62. The lowest BCUT2D eigenvalue weighted by molar-refractivity contribution is 0.488. The maximum absolute atomic E-state index is 11.3. The first-order valence-corrected chi connectivity index (χ1v) is 37.6. The molecule has 0 bridgehead atoms. The molecule has 0 atom stereocenters. The van der Waals surface area contributed by atoms with Crippen molar-refractivity contribution in [1.82, 2.24) is 4.57 Å². The van der Waals surface area contributed by atoms with E-state index in [9.17, 15) is 12.3 Å². The van der Waals surface area contributed by atoms with Crippen LogP contribution in [0.4, 0.5) is 34.1 Å². The van der Waals surface area contributed by atoms with Gasteiger partial charge in [0.15, 0.2) is 0 Å². The van der Waals surface area contributed by atoms with E-state index < -0.39 is 36.3 Å². The van der Waals surface area contributed by atoms with Crippen LogP contribution in [0, 0.1) is 0 Å². The molecule has 16 aromatic rings. The summed E-state index contributed by atoms with van der Waals surface area (Å²) < 4.78 is 107. The molecule has 6 heteroatoms. The Morgan fingerprint density at radius 1 is 0.306 bits per heavy atom. The summed E-state index contributed by atoms with van der Waals surface area (Å²) in [5, 5.41) is 0.647. The monoisotopic (exact) mass is 1390 g/mol. The number of benzene rings is 15. The molecule has 0 N–H and O–H groups in total. The minimum atomic E-state index is -1.06. The highest BCUT2D eigenvalue weighted by Gasteiger charge is 2.51. The van der Waals surface area contributed by atoms with Crippen LogP contribution in [-0.2, 0) is 16.2 Å². The molecule has 4 nitrogen and oxygen atoms in total. The van der Waals surface area contributed by atoms with Crippen LogP contribution in [0.3, 0.4) is 0 Å². The molecule has 0 radical (unpaired) electrons. The highest BCUT2D eigenvalue weighted by Crippen LogP contribution is 2.58. The third-order valence-corrected chi connectivity index (χ3v) is 22.6. The lowest BCUT2D eigenvalue weighted by Gasteiger charge is -2.48. The molecule has 0 fully saturated rings. The topological polar surface area (TPSA) is 20.6 Å².